The summed E-state index contributed by atoms with van der Waals surface area (Å²) < 4.78 is 0. The molecule has 1 fully saturated rings. The van der Waals surface area contributed by atoms with Gasteiger partial charge < -0.3 is 83.2 Å². The van der Waals surface area contributed by atoms with Gasteiger partial charge >= 0.3 is 5.97 Å². The molecule has 9 rings (SSSR count). The van der Waals surface area contributed by atoms with Gasteiger partial charge in [0.25, 0.3) is 0 Å². The number of aromatic amines is 3. The quantitative estimate of drug-likeness (QED) is 0.0654. The summed E-state index contributed by atoms with van der Waals surface area (Å²) in [5.74, 6) is -8.04. The second-order valence-corrected chi connectivity index (χ2v) is 27.2. The third-order valence-corrected chi connectivity index (χ3v) is 19.8. The molecular formula is C70H85N15O13S2. The fourth-order valence-corrected chi connectivity index (χ4v) is 14.3. The van der Waals surface area contributed by atoms with E-state index in [9.17, 15) is 39.0 Å². The number of nitrogens with one attached hydrogen (secondary N) is 9. The number of unbranched alkanes of at least 4 members (excludes halogenated alkanes) is 1. The van der Waals surface area contributed by atoms with E-state index in [2.05, 4.69) is 51.8 Å². The van der Waals surface area contributed by atoms with E-state index >= 15 is 24.0 Å². The molecule has 10 amide bonds. The van der Waals surface area contributed by atoms with E-state index < -0.39 is 126 Å². The number of nitrogens with zero attached hydrogens (tertiary/aromatic N) is 4. The van der Waals surface area contributed by atoms with Crippen LogP contribution in [-0.4, -0.2) is 203 Å². The molecule has 100 heavy (non-hydrogen) atoms. The van der Waals surface area contributed by atoms with Gasteiger partial charge in [-0.25, -0.2) is 4.98 Å². The Bertz CT molecular complexity index is 4050. The van der Waals surface area contributed by atoms with E-state index in [0.717, 1.165) is 26.4 Å². The molecule has 0 unspecified atom stereocenters. The van der Waals surface area contributed by atoms with Crippen LogP contribution in [0.4, 0.5) is 0 Å². The Kier molecular flexibility index (Phi) is 26.3. The average molecular weight is 1410 g/mol. The van der Waals surface area contributed by atoms with Gasteiger partial charge in [-0.3, -0.25) is 52.7 Å². The van der Waals surface area contributed by atoms with E-state index in [4.69, 9.17) is 11.5 Å². The fraction of sp³-hybridized carbons (Fsp3) is 0.400. The smallest absolute Gasteiger partial charge is 0.305 e. The predicted molar refractivity (Wildman–Crippen MR) is 376 cm³/mol. The highest BCUT2D eigenvalue weighted by molar-refractivity contribution is 7.98. The minimum absolute atomic E-state index is 0.0554. The molecule has 7 aromatic rings. The zero-order valence-corrected chi connectivity index (χ0v) is 57.2. The number of hydrogen-bond donors (Lipinski definition) is 13. The summed E-state index contributed by atoms with van der Waals surface area (Å²) in [4.78, 5) is 175. The number of fused-ring (bicyclic) bond motifs is 5. The number of nitrogens with two attached hydrogens (primary N) is 2. The van der Waals surface area contributed by atoms with Gasteiger partial charge in [-0.15, -0.1) is 0 Å². The Morgan fingerprint density at radius 1 is 0.630 bits per heavy atom. The standard InChI is InChI=1S/C70H85N15O13S2/c1-83-36-61(88)78-53(29-44-33-74-50-15-5-3-13-48(44)50)64(92)81-56(30-45-34-75-51-16-6-4-14-49(45)51)69(97)84(2)59(32-62(89)90)67(95)79-54(31-46-35-73-40-76-46)65(93)80-55(28-41-19-21-47(86)22-20-41)70(98)85-25-10-18-58(85)66(94)82-57(63(72)91)39-100-38-43-12-9-11-42(27-43)37-99-26-23-60(87)77-52(68(83)96)17-7-8-24-71/h3-6,9,11-16,19-22,27,33-35,40,52-59,74-75,86H,7-8,10,17-18,23-26,28-32,36-39,71H2,1-2H3,(H2,72,91)(H,73,76)(H,77,87)(H,78,88)(H,79,95)(H,80,93)(H,81,92)(H,82,94)(H,89,90)/t52-,53-,54-,55-,56-,57-,58-,59-/m0/s1. The summed E-state index contributed by atoms with van der Waals surface area (Å²) in [6.07, 6.45) is 5.93. The number of aromatic nitrogens is 4. The lowest BCUT2D eigenvalue weighted by Crippen LogP contribution is -2.61. The van der Waals surface area contributed by atoms with Gasteiger partial charge in [-0.2, -0.15) is 23.5 Å². The number of H-pyrrole nitrogens is 3. The lowest BCUT2D eigenvalue weighted by molar-refractivity contribution is -0.147. The average Bonchev–Trinajstić information content (AvgIpc) is 1.55. The number of phenolic OH excluding ortho intramolecular Hbond substituents is 1. The van der Waals surface area contributed by atoms with Crippen molar-refractivity contribution < 1.29 is 63.0 Å². The maximum Gasteiger partial charge on any atom is 0.305 e. The number of rotatable bonds is 15. The SMILES string of the molecule is CN1CC(=O)N[C@@H](Cc2c[nH]c3ccccc23)C(=O)N[C@@H](Cc2c[nH]c3ccccc23)C(=O)N(C)[C@@H](CC(=O)O)C(=O)N[C@@H](Cc2cnc[nH]2)C(=O)N[C@@H](Cc2ccc(O)cc2)C(=O)N2CCC[C@H]2C(=O)N[C@H](C(N)=O)CSCc2cccc(c2)CSCCC(=O)N[C@@H](CCCCN)C1=O. The van der Waals surface area contributed by atoms with Crippen molar-refractivity contribution in [2.75, 3.05) is 45.2 Å². The number of carbonyl (C=O) groups is 11. The number of primary amides is 1. The monoisotopic (exact) mass is 1410 g/mol. The van der Waals surface area contributed by atoms with Gasteiger partial charge in [0.2, 0.25) is 59.1 Å². The van der Waals surface area contributed by atoms with Gasteiger partial charge in [0, 0.05) is 122 Å². The lowest BCUT2D eigenvalue weighted by atomic mass is 10.00. The molecule has 3 aromatic heterocycles. The molecule has 28 nitrogen and oxygen atoms in total. The number of para-hydroxylation sites is 2. The molecule has 0 saturated carbocycles. The van der Waals surface area contributed by atoms with Gasteiger partial charge in [0.1, 0.15) is 54.1 Å². The maximum atomic E-state index is 15.5. The zero-order chi connectivity index (χ0) is 71.4. The van der Waals surface area contributed by atoms with Crippen LogP contribution in [-0.2, 0) is 89.9 Å². The molecule has 5 heterocycles. The number of carboxylic acid groups (broad SMARTS) is 1. The van der Waals surface area contributed by atoms with Crippen LogP contribution in [0.2, 0.25) is 0 Å². The Morgan fingerprint density at radius 3 is 1.87 bits per heavy atom. The number of thioether (sulfide) groups is 2. The molecule has 0 spiro atoms. The largest absolute Gasteiger partial charge is 0.508 e. The van der Waals surface area contributed by atoms with Crippen LogP contribution in [0.1, 0.15) is 78.5 Å². The number of likely N-dealkylation sites (N-methyl/N-ethyl adjacent to an activating group) is 2. The van der Waals surface area contributed by atoms with Crippen LogP contribution in [0, 0.1) is 0 Å². The van der Waals surface area contributed by atoms with Gasteiger partial charge in [-0.05, 0) is 90.7 Å². The van der Waals surface area contributed by atoms with E-state index in [1.807, 2.05) is 42.5 Å². The van der Waals surface area contributed by atoms with Crippen LogP contribution < -0.4 is 43.4 Å². The van der Waals surface area contributed by atoms with Crippen LogP contribution >= 0.6 is 23.5 Å². The van der Waals surface area contributed by atoms with Crippen LogP contribution in [0.25, 0.3) is 21.8 Å². The Labute approximate surface area is 585 Å². The number of aromatic hydroxyl groups is 1. The molecule has 15 N–H and O–H groups in total. The number of carbonyl (C=O) groups excluding carboxylic acids is 10. The summed E-state index contributed by atoms with van der Waals surface area (Å²) in [5, 5.41) is 38.7. The topological polar surface area (TPSA) is 422 Å². The number of carboxylic acids is 1. The number of benzene rings is 4. The van der Waals surface area contributed by atoms with E-state index in [-0.39, 0.29) is 63.0 Å². The molecule has 30 heteroatoms. The van der Waals surface area contributed by atoms with Gasteiger partial charge in [0.05, 0.1) is 19.3 Å². The minimum atomic E-state index is -1.89. The summed E-state index contributed by atoms with van der Waals surface area (Å²) in [6, 6.07) is 16.7. The maximum absolute atomic E-state index is 15.5. The number of aliphatic carboxylic acids is 1. The van der Waals surface area contributed by atoms with Crippen molar-refractivity contribution in [3.63, 3.8) is 0 Å². The van der Waals surface area contributed by atoms with Crippen molar-refractivity contribution in [1.29, 1.82) is 0 Å². The Morgan fingerprint density at radius 2 is 1.24 bits per heavy atom. The minimum Gasteiger partial charge on any atom is -0.508 e. The van der Waals surface area contributed by atoms with Crippen LogP contribution in [0.5, 0.6) is 5.75 Å². The first-order valence-electron chi connectivity index (χ1n) is 33.0. The van der Waals surface area contributed by atoms with Crippen LogP contribution in [0.15, 0.2) is 122 Å². The van der Waals surface area contributed by atoms with Crippen molar-refractivity contribution >= 4 is 110 Å². The number of hydrogen-bond acceptors (Lipinski definition) is 16. The normalized spacial score (nSPS) is 22.3. The third-order valence-electron chi connectivity index (χ3n) is 17.7. The predicted octanol–water partition coefficient (Wildman–Crippen LogP) is 2.19. The summed E-state index contributed by atoms with van der Waals surface area (Å²) in [5.41, 5.74) is 16.9. The highest BCUT2D eigenvalue weighted by Gasteiger charge is 2.42. The summed E-state index contributed by atoms with van der Waals surface area (Å²) >= 11 is 2.85. The molecule has 2 aliphatic heterocycles. The van der Waals surface area contributed by atoms with Gasteiger partial charge in [0.15, 0.2) is 0 Å². The second kappa shape index (κ2) is 35.5. The third kappa shape index (κ3) is 20.2. The van der Waals surface area contributed by atoms with E-state index in [0.29, 0.717) is 81.7 Å². The molecule has 530 valence electrons. The number of phenols is 1. The summed E-state index contributed by atoms with van der Waals surface area (Å²) in [7, 11) is 2.57. The first-order valence-corrected chi connectivity index (χ1v) is 35.4. The highest BCUT2D eigenvalue weighted by atomic mass is 32.2. The molecule has 0 aliphatic carbocycles. The molecule has 2 aliphatic rings. The Balaban J connectivity index is 1.06. The number of imidazole rings is 1. The van der Waals surface area contributed by atoms with E-state index in [1.54, 1.807) is 42.7 Å². The molecule has 0 radical (unpaired) electrons. The lowest BCUT2D eigenvalue weighted by Gasteiger charge is -2.32. The van der Waals surface area contributed by atoms with Crippen molar-refractivity contribution in [1.82, 2.24) is 66.5 Å². The molecule has 2 bridgehead atoms. The van der Waals surface area contributed by atoms with Crippen LogP contribution in [0.3, 0.4) is 0 Å². The highest BCUT2D eigenvalue weighted by Crippen LogP contribution is 2.26. The first kappa shape index (κ1) is 74.0. The van der Waals surface area contributed by atoms with E-state index in [1.165, 1.54) is 79.3 Å². The molecular weight excluding hydrogens is 1320 g/mol. The van der Waals surface area contributed by atoms with Gasteiger partial charge in [-0.1, -0.05) is 72.8 Å². The Hall–Kier alpha value is -10.2. The zero-order valence-electron chi connectivity index (χ0n) is 55.5. The molecule has 4 aromatic carbocycles. The number of amides is 10. The van der Waals surface area contributed by atoms with Crippen molar-refractivity contribution in [2.45, 2.75) is 130 Å². The molecule has 1 saturated heterocycles. The fourth-order valence-electron chi connectivity index (χ4n) is 12.4. The first-order chi connectivity index (χ1) is 48.1. The van der Waals surface area contributed by atoms with Crippen molar-refractivity contribution in [3.05, 3.63) is 155 Å². The van der Waals surface area contributed by atoms with Crippen molar-refractivity contribution in [3.8, 4) is 5.75 Å². The molecule has 8 atom stereocenters. The second-order valence-electron chi connectivity index (χ2n) is 25.0. The van der Waals surface area contributed by atoms with Crippen molar-refractivity contribution in [2.24, 2.45) is 11.5 Å². The summed E-state index contributed by atoms with van der Waals surface area (Å²) in [6.45, 7) is -0.172.